The third-order valence-electron chi connectivity index (χ3n) is 3.28. The molecule has 2 rings (SSSR count). The molecule has 126 valence electrons. The van der Waals surface area contributed by atoms with Gasteiger partial charge in [-0.2, -0.15) is 5.10 Å². The van der Waals surface area contributed by atoms with Crippen LogP contribution in [-0.4, -0.2) is 35.3 Å². The van der Waals surface area contributed by atoms with Crippen molar-refractivity contribution >= 4 is 18.3 Å². The van der Waals surface area contributed by atoms with E-state index in [0.29, 0.717) is 24.3 Å². The van der Waals surface area contributed by atoms with E-state index in [2.05, 4.69) is 15.7 Å². The molecule has 0 aliphatic carbocycles. The first kappa shape index (κ1) is 19.1. The fourth-order valence-electron chi connectivity index (χ4n) is 2.24. The zero-order valence-corrected chi connectivity index (χ0v) is 14.3. The molecule has 2 aromatic rings. The van der Waals surface area contributed by atoms with Gasteiger partial charge in [-0.15, -0.1) is 12.4 Å². The maximum absolute atomic E-state index is 14.3. The van der Waals surface area contributed by atoms with Crippen molar-refractivity contribution < 1.29 is 9.18 Å². The number of hydrogen-bond donors (Lipinski definition) is 2. The highest BCUT2D eigenvalue weighted by Crippen LogP contribution is 2.17. The van der Waals surface area contributed by atoms with E-state index in [0.717, 1.165) is 17.9 Å². The van der Waals surface area contributed by atoms with E-state index in [9.17, 15) is 9.18 Å². The fraction of sp³-hybridized carbons (Fsp3) is 0.375. The highest BCUT2D eigenvalue weighted by Gasteiger charge is 2.12. The van der Waals surface area contributed by atoms with Crippen molar-refractivity contribution in [1.82, 2.24) is 20.4 Å². The first-order valence-electron chi connectivity index (χ1n) is 7.35. The second-order valence-electron chi connectivity index (χ2n) is 5.11. The van der Waals surface area contributed by atoms with E-state index in [1.165, 1.54) is 10.7 Å². The van der Waals surface area contributed by atoms with Gasteiger partial charge >= 0.3 is 0 Å². The molecule has 1 aromatic heterocycles. The number of nitrogens with one attached hydrogen (secondary N) is 2. The number of carbonyl (C=O) groups is 1. The Morgan fingerprint density at radius 1 is 1.26 bits per heavy atom. The van der Waals surface area contributed by atoms with Gasteiger partial charge in [0.25, 0.3) is 5.91 Å². The average Bonchev–Trinajstić information content (AvgIpc) is 2.82. The second-order valence-corrected chi connectivity index (χ2v) is 5.11. The van der Waals surface area contributed by atoms with Crippen LogP contribution in [0.5, 0.6) is 0 Å². The summed E-state index contributed by atoms with van der Waals surface area (Å²) in [5.41, 5.74) is 2.32. The van der Waals surface area contributed by atoms with E-state index >= 15 is 0 Å². The van der Waals surface area contributed by atoms with Gasteiger partial charge in [-0.1, -0.05) is 6.92 Å². The molecule has 2 N–H and O–H groups in total. The number of hydrogen-bond acceptors (Lipinski definition) is 3. The molecule has 1 aromatic carbocycles. The summed E-state index contributed by atoms with van der Waals surface area (Å²) >= 11 is 0. The van der Waals surface area contributed by atoms with Crippen LogP contribution < -0.4 is 10.6 Å². The Hall–Kier alpha value is -1.92. The quantitative estimate of drug-likeness (QED) is 0.794. The number of amides is 1. The van der Waals surface area contributed by atoms with Crippen molar-refractivity contribution in [2.75, 3.05) is 19.6 Å². The molecule has 1 heterocycles. The van der Waals surface area contributed by atoms with Crippen molar-refractivity contribution in [2.45, 2.75) is 20.8 Å². The van der Waals surface area contributed by atoms with E-state index < -0.39 is 5.82 Å². The minimum atomic E-state index is -0.467. The molecule has 0 atom stereocenters. The summed E-state index contributed by atoms with van der Waals surface area (Å²) in [6.45, 7) is 7.76. The van der Waals surface area contributed by atoms with Crippen LogP contribution in [0.3, 0.4) is 0 Å². The van der Waals surface area contributed by atoms with Gasteiger partial charge < -0.3 is 10.6 Å². The normalized spacial score (nSPS) is 10.3. The van der Waals surface area contributed by atoms with Crippen LogP contribution in [0.2, 0.25) is 0 Å². The average molecular weight is 341 g/mol. The van der Waals surface area contributed by atoms with Gasteiger partial charge in [-0.05, 0) is 44.7 Å². The SMILES string of the molecule is CCNCCNC(=O)c1ccc(-n2nc(C)cc2C)c(F)c1.Cl. The standard InChI is InChI=1S/C16H21FN4O.ClH/c1-4-18-7-8-19-16(22)13-5-6-15(14(17)10-13)21-12(3)9-11(2)20-21;/h5-6,9-10,18H,4,7-8H2,1-3H3,(H,19,22);1H. The monoisotopic (exact) mass is 340 g/mol. The molecular formula is C16H22ClFN4O. The summed E-state index contributed by atoms with van der Waals surface area (Å²) in [6, 6.07) is 6.31. The van der Waals surface area contributed by atoms with Crippen molar-refractivity contribution in [3.63, 3.8) is 0 Å². The van der Waals surface area contributed by atoms with Crippen molar-refractivity contribution in [1.29, 1.82) is 0 Å². The number of carbonyl (C=O) groups excluding carboxylic acids is 1. The lowest BCUT2D eigenvalue weighted by Crippen LogP contribution is -2.31. The van der Waals surface area contributed by atoms with Gasteiger partial charge in [0.05, 0.1) is 5.69 Å². The number of aromatic nitrogens is 2. The zero-order chi connectivity index (χ0) is 16.1. The topological polar surface area (TPSA) is 58.9 Å². The second kappa shape index (κ2) is 8.64. The fourth-order valence-corrected chi connectivity index (χ4v) is 2.24. The summed E-state index contributed by atoms with van der Waals surface area (Å²) < 4.78 is 15.8. The zero-order valence-electron chi connectivity index (χ0n) is 13.5. The summed E-state index contributed by atoms with van der Waals surface area (Å²) in [7, 11) is 0. The maximum atomic E-state index is 14.3. The number of rotatable bonds is 6. The van der Waals surface area contributed by atoms with Crippen molar-refractivity contribution in [3.05, 3.63) is 47.0 Å². The Kier molecular flexibility index (Phi) is 7.19. The molecule has 23 heavy (non-hydrogen) atoms. The molecule has 0 bridgehead atoms. The van der Waals surface area contributed by atoms with Crippen LogP contribution in [0, 0.1) is 19.7 Å². The predicted octanol–water partition coefficient (Wildman–Crippen LogP) is 2.39. The lowest BCUT2D eigenvalue weighted by atomic mass is 10.2. The number of likely N-dealkylation sites (N-methyl/N-ethyl adjacent to an activating group) is 1. The lowest BCUT2D eigenvalue weighted by Gasteiger charge is -2.09. The van der Waals surface area contributed by atoms with E-state index in [1.807, 2.05) is 26.8 Å². The summed E-state index contributed by atoms with van der Waals surface area (Å²) in [4.78, 5) is 12.0. The first-order chi connectivity index (χ1) is 10.5. The highest BCUT2D eigenvalue weighted by atomic mass is 35.5. The van der Waals surface area contributed by atoms with Crippen molar-refractivity contribution in [2.24, 2.45) is 0 Å². The van der Waals surface area contributed by atoms with Crippen LogP contribution >= 0.6 is 12.4 Å². The van der Waals surface area contributed by atoms with Gasteiger partial charge in [0.1, 0.15) is 11.5 Å². The molecule has 7 heteroatoms. The minimum Gasteiger partial charge on any atom is -0.351 e. The number of halogens is 2. The minimum absolute atomic E-state index is 0. The van der Waals surface area contributed by atoms with Crippen LogP contribution in [0.4, 0.5) is 4.39 Å². The van der Waals surface area contributed by atoms with E-state index in [-0.39, 0.29) is 18.3 Å². The molecule has 0 spiro atoms. The summed E-state index contributed by atoms with van der Waals surface area (Å²) in [6.07, 6.45) is 0. The Labute approximate surface area is 141 Å². The van der Waals surface area contributed by atoms with Gasteiger partial charge in [0.15, 0.2) is 0 Å². The largest absolute Gasteiger partial charge is 0.351 e. The smallest absolute Gasteiger partial charge is 0.251 e. The molecule has 5 nitrogen and oxygen atoms in total. The highest BCUT2D eigenvalue weighted by molar-refractivity contribution is 5.94. The van der Waals surface area contributed by atoms with E-state index in [4.69, 9.17) is 0 Å². The predicted molar refractivity (Wildman–Crippen MR) is 91.1 cm³/mol. The van der Waals surface area contributed by atoms with Gasteiger partial charge in [-0.3, -0.25) is 4.79 Å². The molecule has 0 saturated carbocycles. The van der Waals surface area contributed by atoms with Crippen LogP contribution in [0.1, 0.15) is 28.7 Å². The molecule has 0 saturated heterocycles. The maximum Gasteiger partial charge on any atom is 0.251 e. The summed E-state index contributed by atoms with van der Waals surface area (Å²) in [5.74, 6) is -0.748. The molecule has 0 aliphatic rings. The third kappa shape index (κ3) is 4.77. The molecule has 0 fully saturated rings. The lowest BCUT2D eigenvalue weighted by molar-refractivity contribution is 0.0953. The number of nitrogens with zero attached hydrogens (tertiary/aromatic N) is 2. The van der Waals surface area contributed by atoms with Gasteiger partial charge in [0, 0.05) is 24.3 Å². The molecule has 1 amide bonds. The summed E-state index contributed by atoms with van der Waals surface area (Å²) in [5, 5.41) is 10.1. The van der Waals surface area contributed by atoms with E-state index in [1.54, 1.807) is 12.1 Å². The Bertz CT molecular complexity index is 672. The number of aryl methyl sites for hydroxylation is 2. The Morgan fingerprint density at radius 2 is 2.00 bits per heavy atom. The van der Waals surface area contributed by atoms with Crippen LogP contribution in [0.15, 0.2) is 24.3 Å². The van der Waals surface area contributed by atoms with Crippen molar-refractivity contribution in [3.8, 4) is 5.69 Å². The Morgan fingerprint density at radius 3 is 2.57 bits per heavy atom. The van der Waals surface area contributed by atoms with Gasteiger partial charge in [0.2, 0.25) is 0 Å². The van der Waals surface area contributed by atoms with Crippen LogP contribution in [-0.2, 0) is 0 Å². The molecule has 0 radical (unpaired) electrons. The van der Waals surface area contributed by atoms with Gasteiger partial charge in [-0.25, -0.2) is 9.07 Å². The Balaban J connectivity index is 0.00000264. The molecule has 0 aliphatic heterocycles. The number of benzene rings is 1. The molecule has 0 unspecified atom stereocenters. The third-order valence-corrected chi connectivity index (χ3v) is 3.28. The first-order valence-corrected chi connectivity index (χ1v) is 7.35. The molecular weight excluding hydrogens is 319 g/mol. The van der Waals surface area contributed by atoms with Crippen LogP contribution in [0.25, 0.3) is 5.69 Å².